The molecule has 0 aromatic heterocycles. The van der Waals surface area contributed by atoms with Crippen molar-refractivity contribution in [1.29, 1.82) is 0 Å². The molecule has 0 saturated heterocycles. The van der Waals surface area contributed by atoms with E-state index in [0.29, 0.717) is 4.47 Å². The molecule has 0 heterocycles. The van der Waals surface area contributed by atoms with Crippen LogP contribution < -0.4 is 5.32 Å². The van der Waals surface area contributed by atoms with Crippen molar-refractivity contribution in [3.8, 4) is 5.75 Å². The number of anilines is 1. The summed E-state index contributed by atoms with van der Waals surface area (Å²) in [5.41, 5.74) is -0.0476. The first-order chi connectivity index (χ1) is 7.06. The minimum Gasteiger partial charge on any atom is -0.505 e. The smallest absolute Gasteiger partial charge is 0.155 e. The Labute approximate surface area is 100 Å². The predicted molar refractivity (Wildman–Crippen MR) is 61.0 cm³/mol. The maximum atomic E-state index is 13.2. The fourth-order valence-electron chi connectivity index (χ4n) is 0.984. The minimum atomic E-state index is -0.788. The number of halogens is 3. The summed E-state index contributed by atoms with van der Waals surface area (Å²) in [5.74, 6) is -0.766. The minimum absolute atomic E-state index is 0.0450. The standard InChI is InChI=1S/C9H10BrClFNO2/c10-6-1-2-7(12)8(9(6)15)13-4-5(14)3-11/h1-2,5,13-15H,3-4H2. The number of hydrogen-bond donors (Lipinski definition) is 3. The summed E-state index contributed by atoms with van der Waals surface area (Å²) in [5, 5.41) is 21.2. The zero-order valence-electron chi connectivity index (χ0n) is 7.67. The van der Waals surface area contributed by atoms with Crippen LogP contribution in [0.5, 0.6) is 5.75 Å². The normalized spacial score (nSPS) is 12.5. The second-order valence-electron chi connectivity index (χ2n) is 2.94. The number of alkyl halides is 1. The molecular formula is C9H10BrClFNO2. The molecule has 0 amide bonds. The van der Waals surface area contributed by atoms with Gasteiger partial charge in [-0.25, -0.2) is 4.39 Å². The van der Waals surface area contributed by atoms with E-state index in [0.717, 1.165) is 0 Å². The maximum Gasteiger partial charge on any atom is 0.155 e. The molecule has 0 spiro atoms. The lowest BCUT2D eigenvalue weighted by Gasteiger charge is -2.12. The van der Waals surface area contributed by atoms with Gasteiger partial charge in [-0.3, -0.25) is 0 Å². The van der Waals surface area contributed by atoms with E-state index in [-0.39, 0.29) is 23.9 Å². The van der Waals surface area contributed by atoms with Crippen LogP contribution in [0, 0.1) is 5.82 Å². The Morgan fingerprint density at radius 2 is 2.20 bits per heavy atom. The molecule has 1 atom stereocenters. The summed E-state index contributed by atoms with van der Waals surface area (Å²) in [4.78, 5) is 0. The molecule has 1 rings (SSSR count). The third kappa shape index (κ3) is 3.22. The van der Waals surface area contributed by atoms with Gasteiger partial charge in [-0.15, -0.1) is 11.6 Å². The molecule has 0 saturated carbocycles. The van der Waals surface area contributed by atoms with Gasteiger partial charge in [-0.1, -0.05) is 0 Å². The van der Waals surface area contributed by atoms with Crippen LogP contribution in [0.3, 0.4) is 0 Å². The van der Waals surface area contributed by atoms with Gasteiger partial charge in [0.25, 0.3) is 0 Å². The summed E-state index contributed by atoms with van der Waals surface area (Å²) in [6, 6.07) is 2.60. The molecule has 0 fully saturated rings. The Morgan fingerprint density at radius 1 is 1.53 bits per heavy atom. The Balaban J connectivity index is 2.80. The van der Waals surface area contributed by atoms with E-state index in [1.807, 2.05) is 0 Å². The Kier molecular flexibility index (Phi) is 4.63. The summed E-state index contributed by atoms with van der Waals surface area (Å²) in [6.45, 7) is 0.0738. The topological polar surface area (TPSA) is 52.5 Å². The van der Waals surface area contributed by atoms with Crippen LogP contribution in [0.25, 0.3) is 0 Å². The van der Waals surface area contributed by atoms with E-state index < -0.39 is 11.9 Å². The molecule has 3 N–H and O–H groups in total. The Hall–Kier alpha value is -0.520. The second-order valence-corrected chi connectivity index (χ2v) is 4.10. The number of rotatable bonds is 4. The molecule has 0 aliphatic heterocycles. The maximum absolute atomic E-state index is 13.2. The fourth-order valence-corrected chi connectivity index (χ4v) is 1.42. The molecule has 1 aromatic rings. The van der Waals surface area contributed by atoms with Gasteiger partial charge in [-0.2, -0.15) is 0 Å². The van der Waals surface area contributed by atoms with Crippen molar-refractivity contribution < 1.29 is 14.6 Å². The van der Waals surface area contributed by atoms with E-state index in [1.54, 1.807) is 0 Å². The zero-order chi connectivity index (χ0) is 11.4. The highest BCUT2D eigenvalue weighted by atomic mass is 79.9. The first-order valence-corrected chi connectivity index (χ1v) is 5.54. The average molecular weight is 299 g/mol. The number of hydrogen-bond acceptors (Lipinski definition) is 3. The van der Waals surface area contributed by atoms with Crippen LogP contribution in [-0.2, 0) is 0 Å². The van der Waals surface area contributed by atoms with E-state index in [2.05, 4.69) is 21.2 Å². The lowest BCUT2D eigenvalue weighted by molar-refractivity contribution is 0.211. The number of aliphatic hydroxyl groups excluding tert-OH is 1. The molecule has 84 valence electrons. The van der Waals surface area contributed by atoms with Crippen LogP contribution in [0.15, 0.2) is 16.6 Å². The van der Waals surface area contributed by atoms with Crippen molar-refractivity contribution >= 4 is 33.2 Å². The summed E-state index contributed by atoms with van der Waals surface area (Å²) in [7, 11) is 0. The first-order valence-electron chi connectivity index (χ1n) is 4.21. The van der Waals surface area contributed by atoms with Gasteiger partial charge in [0.1, 0.15) is 11.5 Å². The lowest BCUT2D eigenvalue weighted by Crippen LogP contribution is -2.21. The Bertz CT molecular complexity index is 351. The number of nitrogens with one attached hydrogen (secondary N) is 1. The highest BCUT2D eigenvalue weighted by Crippen LogP contribution is 2.33. The summed E-state index contributed by atoms with van der Waals surface area (Å²) >= 11 is 8.43. The largest absolute Gasteiger partial charge is 0.505 e. The molecule has 6 heteroatoms. The molecule has 0 radical (unpaired) electrons. The number of aromatic hydroxyl groups is 1. The third-order valence-corrected chi connectivity index (χ3v) is 2.77. The highest BCUT2D eigenvalue weighted by Gasteiger charge is 2.12. The van der Waals surface area contributed by atoms with Crippen molar-refractivity contribution in [2.45, 2.75) is 6.10 Å². The molecule has 1 unspecified atom stereocenters. The van der Waals surface area contributed by atoms with E-state index in [9.17, 15) is 9.50 Å². The predicted octanol–water partition coefficient (Wildman–Crippen LogP) is 2.31. The van der Waals surface area contributed by atoms with E-state index in [4.69, 9.17) is 16.7 Å². The second kappa shape index (κ2) is 5.53. The molecule has 0 bridgehead atoms. The average Bonchev–Trinajstić information content (AvgIpc) is 2.23. The number of phenolic OH excluding ortho intramolecular Hbond substituents is 1. The fraction of sp³-hybridized carbons (Fsp3) is 0.333. The van der Waals surface area contributed by atoms with Gasteiger partial charge in [0.2, 0.25) is 0 Å². The zero-order valence-corrected chi connectivity index (χ0v) is 10.0. The molecule has 0 aliphatic carbocycles. The van der Waals surface area contributed by atoms with Gasteiger partial charge < -0.3 is 15.5 Å². The molecular weight excluding hydrogens is 288 g/mol. The highest BCUT2D eigenvalue weighted by molar-refractivity contribution is 9.10. The van der Waals surface area contributed by atoms with Gasteiger partial charge in [0.05, 0.1) is 16.5 Å². The lowest BCUT2D eigenvalue weighted by atomic mass is 10.2. The third-order valence-electron chi connectivity index (χ3n) is 1.77. The molecule has 1 aromatic carbocycles. The van der Waals surface area contributed by atoms with E-state index in [1.165, 1.54) is 12.1 Å². The van der Waals surface area contributed by atoms with Gasteiger partial charge in [0, 0.05) is 6.54 Å². The van der Waals surface area contributed by atoms with Crippen LogP contribution in [0.1, 0.15) is 0 Å². The Morgan fingerprint density at radius 3 is 2.80 bits per heavy atom. The van der Waals surface area contributed by atoms with Crippen LogP contribution in [-0.4, -0.2) is 28.7 Å². The van der Waals surface area contributed by atoms with Crippen molar-refractivity contribution in [3.05, 3.63) is 22.4 Å². The molecule has 3 nitrogen and oxygen atoms in total. The first kappa shape index (κ1) is 12.5. The van der Waals surface area contributed by atoms with Gasteiger partial charge in [-0.05, 0) is 28.1 Å². The molecule has 15 heavy (non-hydrogen) atoms. The van der Waals surface area contributed by atoms with Gasteiger partial charge >= 0.3 is 0 Å². The van der Waals surface area contributed by atoms with Crippen LogP contribution in [0.2, 0.25) is 0 Å². The van der Waals surface area contributed by atoms with Crippen molar-refractivity contribution in [2.24, 2.45) is 0 Å². The van der Waals surface area contributed by atoms with Crippen molar-refractivity contribution in [2.75, 3.05) is 17.7 Å². The number of aliphatic hydroxyl groups is 1. The van der Waals surface area contributed by atoms with E-state index >= 15 is 0 Å². The van der Waals surface area contributed by atoms with Crippen LogP contribution >= 0.6 is 27.5 Å². The van der Waals surface area contributed by atoms with Gasteiger partial charge in [0.15, 0.2) is 5.75 Å². The SMILES string of the molecule is Oc1c(Br)ccc(F)c1NCC(O)CCl. The van der Waals surface area contributed by atoms with Crippen LogP contribution in [0.4, 0.5) is 10.1 Å². The summed E-state index contributed by atoms with van der Waals surface area (Å²) in [6.07, 6.45) is -0.788. The quantitative estimate of drug-likeness (QED) is 0.590. The number of benzene rings is 1. The summed E-state index contributed by atoms with van der Waals surface area (Å²) < 4.78 is 13.6. The monoisotopic (exact) mass is 297 g/mol. The number of phenols is 1. The van der Waals surface area contributed by atoms with Crippen molar-refractivity contribution in [1.82, 2.24) is 0 Å². The molecule has 0 aliphatic rings. The van der Waals surface area contributed by atoms with Crippen molar-refractivity contribution in [3.63, 3.8) is 0 Å².